The van der Waals surface area contributed by atoms with Crippen LogP contribution in [0.3, 0.4) is 0 Å². The lowest BCUT2D eigenvalue weighted by molar-refractivity contribution is 0.0506. The third-order valence-electron chi connectivity index (χ3n) is 2.03. The Morgan fingerprint density at radius 2 is 2.06 bits per heavy atom. The zero-order valence-corrected chi connectivity index (χ0v) is 11.0. The highest BCUT2D eigenvalue weighted by molar-refractivity contribution is 7.99. The summed E-state index contributed by atoms with van der Waals surface area (Å²) >= 11 is 1.49. The van der Waals surface area contributed by atoms with Crippen molar-refractivity contribution < 1.29 is 14.3 Å². The molecule has 0 bridgehead atoms. The maximum absolute atomic E-state index is 11.3. The van der Waals surface area contributed by atoms with Crippen LogP contribution >= 0.6 is 11.8 Å². The molecule has 1 unspecified atom stereocenters. The lowest BCUT2D eigenvalue weighted by Gasteiger charge is -2.12. The Balaban J connectivity index is 2.25. The number of carbonyl (C=O) groups is 1. The van der Waals surface area contributed by atoms with Crippen LogP contribution in [0.5, 0.6) is 0 Å². The summed E-state index contributed by atoms with van der Waals surface area (Å²) in [4.78, 5) is 12.3. The number of unbranched alkanes of at least 4 members (excludes halogenated alkanes) is 1. The molecule has 0 heterocycles. The molecule has 0 aromatic heterocycles. The van der Waals surface area contributed by atoms with E-state index in [2.05, 4.69) is 0 Å². The lowest BCUT2D eigenvalue weighted by Crippen LogP contribution is -2.13. The first-order chi connectivity index (χ1) is 8.22. The maximum atomic E-state index is 11.3. The van der Waals surface area contributed by atoms with Crippen molar-refractivity contribution in [2.75, 3.05) is 6.61 Å². The first kappa shape index (κ1) is 13.9. The van der Waals surface area contributed by atoms with Gasteiger partial charge in [-0.25, -0.2) is 4.79 Å². The van der Waals surface area contributed by atoms with Gasteiger partial charge in [0.2, 0.25) is 0 Å². The SMILES string of the molecule is CCCCOC(=O)OC(C)Sc1ccccc1. The Labute approximate surface area is 106 Å². The van der Waals surface area contributed by atoms with Gasteiger partial charge in [0.25, 0.3) is 0 Å². The number of hydrogen-bond acceptors (Lipinski definition) is 4. The topological polar surface area (TPSA) is 35.5 Å². The molecule has 0 aliphatic carbocycles. The molecule has 0 amide bonds. The second kappa shape index (κ2) is 8.01. The number of rotatable bonds is 6. The molecule has 17 heavy (non-hydrogen) atoms. The summed E-state index contributed by atoms with van der Waals surface area (Å²) < 4.78 is 10.0. The summed E-state index contributed by atoms with van der Waals surface area (Å²) in [7, 11) is 0. The molecule has 0 saturated heterocycles. The molecule has 1 aromatic rings. The number of benzene rings is 1. The largest absolute Gasteiger partial charge is 0.509 e. The molecular formula is C13H18O3S. The van der Waals surface area contributed by atoms with Crippen LogP contribution in [0.4, 0.5) is 4.79 Å². The van der Waals surface area contributed by atoms with E-state index in [1.165, 1.54) is 11.8 Å². The van der Waals surface area contributed by atoms with Crippen LogP contribution in [0.25, 0.3) is 0 Å². The summed E-state index contributed by atoms with van der Waals surface area (Å²) in [6, 6.07) is 9.82. The number of hydrogen-bond donors (Lipinski definition) is 0. The van der Waals surface area contributed by atoms with Gasteiger partial charge >= 0.3 is 6.16 Å². The Bertz CT molecular complexity index is 327. The van der Waals surface area contributed by atoms with Crippen molar-refractivity contribution in [3.05, 3.63) is 30.3 Å². The van der Waals surface area contributed by atoms with Gasteiger partial charge in [-0.1, -0.05) is 43.3 Å². The molecule has 3 nitrogen and oxygen atoms in total. The third kappa shape index (κ3) is 6.22. The summed E-state index contributed by atoms with van der Waals surface area (Å²) in [5.41, 5.74) is -0.244. The summed E-state index contributed by atoms with van der Waals surface area (Å²) in [5.74, 6) is 0. The summed E-state index contributed by atoms with van der Waals surface area (Å²) in [6.07, 6.45) is 1.28. The van der Waals surface area contributed by atoms with E-state index >= 15 is 0 Å². The van der Waals surface area contributed by atoms with Gasteiger partial charge < -0.3 is 9.47 Å². The second-order valence-electron chi connectivity index (χ2n) is 3.57. The van der Waals surface area contributed by atoms with Crippen molar-refractivity contribution in [1.29, 1.82) is 0 Å². The van der Waals surface area contributed by atoms with E-state index in [1.807, 2.05) is 44.2 Å². The number of ether oxygens (including phenoxy) is 2. The Kier molecular flexibility index (Phi) is 6.55. The quantitative estimate of drug-likeness (QED) is 0.332. The van der Waals surface area contributed by atoms with Gasteiger partial charge in [-0.3, -0.25) is 0 Å². The minimum atomic E-state index is -0.589. The van der Waals surface area contributed by atoms with E-state index in [9.17, 15) is 4.79 Å². The van der Waals surface area contributed by atoms with Gasteiger partial charge in [0.15, 0.2) is 5.44 Å². The normalized spacial score (nSPS) is 11.9. The van der Waals surface area contributed by atoms with Crippen molar-refractivity contribution in [3.63, 3.8) is 0 Å². The highest BCUT2D eigenvalue weighted by Gasteiger charge is 2.11. The van der Waals surface area contributed by atoms with Crippen molar-refractivity contribution in [3.8, 4) is 0 Å². The molecule has 0 aliphatic heterocycles. The van der Waals surface area contributed by atoms with Gasteiger partial charge in [-0.15, -0.1) is 0 Å². The van der Waals surface area contributed by atoms with E-state index in [4.69, 9.17) is 9.47 Å². The predicted octanol–water partition coefficient (Wildman–Crippen LogP) is 4.08. The smallest absolute Gasteiger partial charge is 0.434 e. The second-order valence-corrected chi connectivity index (χ2v) is 4.94. The molecule has 0 radical (unpaired) electrons. The van der Waals surface area contributed by atoms with E-state index in [1.54, 1.807) is 0 Å². The molecule has 4 heteroatoms. The highest BCUT2D eigenvalue weighted by atomic mass is 32.2. The van der Waals surface area contributed by atoms with Crippen molar-refractivity contribution in [1.82, 2.24) is 0 Å². The van der Waals surface area contributed by atoms with E-state index in [0.29, 0.717) is 6.61 Å². The molecule has 1 rings (SSSR count). The van der Waals surface area contributed by atoms with E-state index < -0.39 is 6.16 Å². The molecule has 1 aromatic carbocycles. The predicted molar refractivity (Wildman–Crippen MR) is 69.1 cm³/mol. The highest BCUT2D eigenvalue weighted by Crippen LogP contribution is 2.23. The Morgan fingerprint density at radius 1 is 1.35 bits per heavy atom. The molecule has 1 atom stereocenters. The number of thioether (sulfide) groups is 1. The summed E-state index contributed by atoms with van der Waals surface area (Å²) in [5, 5.41) is 0. The van der Waals surface area contributed by atoms with Gasteiger partial charge in [-0.2, -0.15) is 0 Å². The molecule has 0 N–H and O–H groups in total. The molecule has 94 valence electrons. The van der Waals surface area contributed by atoms with Crippen LogP contribution in [0.15, 0.2) is 35.2 Å². The molecule has 0 fully saturated rings. The molecular weight excluding hydrogens is 236 g/mol. The lowest BCUT2D eigenvalue weighted by atomic mass is 10.4. The van der Waals surface area contributed by atoms with Crippen molar-refractivity contribution >= 4 is 17.9 Å². The van der Waals surface area contributed by atoms with Crippen LogP contribution < -0.4 is 0 Å². The average Bonchev–Trinajstić information content (AvgIpc) is 2.30. The van der Waals surface area contributed by atoms with Crippen LogP contribution in [0, 0.1) is 0 Å². The third-order valence-corrected chi connectivity index (χ3v) is 3.00. The fraction of sp³-hybridized carbons (Fsp3) is 0.462. The van der Waals surface area contributed by atoms with Gasteiger partial charge in [-0.05, 0) is 25.5 Å². The Morgan fingerprint density at radius 3 is 2.71 bits per heavy atom. The molecule has 0 aliphatic rings. The van der Waals surface area contributed by atoms with Crippen LogP contribution in [0.1, 0.15) is 26.7 Å². The first-order valence-electron chi connectivity index (χ1n) is 5.77. The monoisotopic (exact) mass is 254 g/mol. The van der Waals surface area contributed by atoms with Crippen LogP contribution in [0.2, 0.25) is 0 Å². The Hall–Kier alpha value is -1.16. The van der Waals surface area contributed by atoms with E-state index in [0.717, 1.165) is 17.7 Å². The minimum absolute atomic E-state index is 0.244. The van der Waals surface area contributed by atoms with Gasteiger partial charge in [0.05, 0.1) is 6.61 Å². The number of carbonyl (C=O) groups excluding carboxylic acids is 1. The minimum Gasteiger partial charge on any atom is -0.434 e. The maximum Gasteiger partial charge on any atom is 0.509 e. The van der Waals surface area contributed by atoms with Gasteiger partial charge in [0, 0.05) is 4.90 Å². The summed E-state index contributed by atoms with van der Waals surface area (Å²) in [6.45, 7) is 4.30. The zero-order chi connectivity index (χ0) is 12.5. The average molecular weight is 254 g/mol. The standard InChI is InChI=1S/C13H18O3S/c1-3-4-10-15-13(14)16-11(2)17-12-8-6-5-7-9-12/h5-9,11H,3-4,10H2,1-2H3. The first-order valence-corrected chi connectivity index (χ1v) is 6.65. The van der Waals surface area contributed by atoms with Crippen molar-refractivity contribution in [2.45, 2.75) is 37.0 Å². The fourth-order valence-electron chi connectivity index (χ4n) is 1.18. The molecule has 0 spiro atoms. The van der Waals surface area contributed by atoms with Crippen molar-refractivity contribution in [2.24, 2.45) is 0 Å². The van der Waals surface area contributed by atoms with Gasteiger partial charge in [0.1, 0.15) is 0 Å². The zero-order valence-electron chi connectivity index (χ0n) is 10.2. The van der Waals surface area contributed by atoms with E-state index in [-0.39, 0.29) is 5.44 Å². The fourth-order valence-corrected chi connectivity index (χ4v) is 2.01. The van der Waals surface area contributed by atoms with Crippen LogP contribution in [-0.4, -0.2) is 18.2 Å². The molecule has 0 saturated carbocycles. The van der Waals surface area contributed by atoms with Crippen LogP contribution in [-0.2, 0) is 9.47 Å².